The lowest BCUT2D eigenvalue weighted by molar-refractivity contribution is -0.140. The van der Waals surface area contributed by atoms with Crippen molar-refractivity contribution in [1.82, 2.24) is 10.2 Å². The van der Waals surface area contributed by atoms with Gasteiger partial charge in [-0.25, -0.2) is 0 Å². The molecule has 4 nitrogen and oxygen atoms in total. The van der Waals surface area contributed by atoms with Crippen LogP contribution in [0.3, 0.4) is 0 Å². The van der Waals surface area contributed by atoms with Crippen LogP contribution < -0.4 is 5.32 Å². The van der Waals surface area contributed by atoms with Crippen molar-refractivity contribution in [3.8, 4) is 0 Å². The lowest BCUT2D eigenvalue weighted by Crippen LogP contribution is -2.48. The largest absolute Gasteiger partial charge is 0.354 e. The molecule has 0 saturated heterocycles. The van der Waals surface area contributed by atoms with E-state index in [2.05, 4.69) is 5.32 Å². The van der Waals surface area contributed by atoms with Gasteiger partial charge in [-0.3, -0.25) is 9.59 Å². The van der Waals surface area contributed by atoms with Crippen LogP contribution in [-0.2, 0) is 22.6 Å². The fourth-order valence-electron chi connectivity index (χ4n) is 2.88. The maximum absolute atomic E-state index is 13.0. The van der Waals surface area contributed by atoms with Crippen LogP contribution in [0.4, 0.5) is 0 Å². The van der Waals surface area contributed by atoms with E-state index >= 15 is 0 Å². The third-order valence-corrected chi connectivity index (χ3v) is 4.99. The third-order valence-electron chi connectivity index (χ3n) is 4.62. The van der Waals surface area contributed by atoms with Crippen LogP contribution in [0.5, 0.6) is 0 Å². The molecule has 0 aliphatic heterocycles. The molecule has 1 atom stereocenters. The molecule has 2 aromatic rings. The van der Waals surface area contributed by atoms with Crippen LogP contribution in [0.2, 0.25) is 5.02 Å². The summed E-state index contributed by atoms with van der Waals surface area (Å²) in [6, 6.07) is 16.7. The van der Waals surface area contributed by atoms with Crippen LogP contribution >= 0.6 is 11.6 Å². The molecule has 0 saturated carbocycles. The zero-order chi connectivity index (χ0) is 20.5. The van der Waals surface area contributed by atoms with Crippen molar-refractivity contribution in [2.24, 2.45) is 5.92 Å². The number of rotatable bonds is 9. The molecular formula is C23H29ClN2O2. The van der Waals surface area contributed by atoms with Gasteiger partial charge in [0, 0.05) is 24.5 Å². The van der Waals surface area contributed by atoms with Crippen LogP contribution in [0.25, 0.3) is 0 Å². The van der Waals surface area contributed by atoms with Gasteiger partial charge in [-0.05, 0) is 36.5 Å². The average Bonchev–Trinajstić information content (AvgIpc) is 2.69. The Hall–Kier alpha value is -2.33. The smallest absolute Gasteiger partial charge is 0.242 e. The highest BCUT2D eigenvalue weighted by molar-refractivity contribution is 6.31. The van der Waals surface area contributed by atoms with E-state index in [0.717, 1.165) is 11.1 Å². The Morgan fingerprint density at radius 2 is 1.64 bits per heavy atom. The van der Waals surface area contributed by atoms with E-state index in [-0.39, 0.29) is 11.8 Å². The molecular weight excluding hydrogens is 372 g/mol. The van der Waals surface area contributed by atoms with Gasteiger partial charge in [0.1, 0.15) is 6.04 Å². The van der Waals surface area contributed by atoms with E-state index in [1.54, 1.807) is 17.9 Å². The summed E-state index contributed by atoms with van der Waals surface area (Å²) in [7, 11) is 0. The molecule has 0 unspecified atom stereocenters. The highest BCUT2D eigenvalue weighted by atomic mass is 35.5. The van der Waals surface area contributed by atoms with Crippen molar-refractivity contribution in [3.05, 3.63) is 70.7 Å². The van der Waals surface area contributed by atoms with E-state index in [4.69, 9.17) is 11.6 Å². The van der Waals surface area contributed by atoms with E-state index in [1.165, 1.54) is 0 Å². The number of hydrogen-bond donors (Lipinski definition) is 1. The van der Waals surface area contributed by atoms with Crippen molar-refractivity contribution in [3.63, 3.8) is 0 Å². The molecule has 2 rings (SSSR count). The second kappa shape index (κ2) is 10.9. The molecule has 0 aliphatic carbocycles. The zero-order valence-corrected chi connectivity index (χ0v) is 17.6. The Kier molecular flexibility index (Phi) is 8.52. The number of nitrogens with zero attached hydrogens (tertiary/aromatic N) is 1. The maximum atomic E-state index is 13.0. The summed E-state index contributed by atoms with van der Waals surface area (Å²) >= 11 is 6.29. The summed E-state index contributed by atoms with van der Waals surface area (Å²) in [6.45, 7) is 6.74. The number of carbonyl (C=O) groups is 2. The normalized spacial score (nSPS) is 11.9. The number of aryl methyl sites for hydroxylation is 1. The Labute approximate surface area is 172 Å². The van der Waals surface area contributed by atoms with Crippen LogP contribution in [0.1, 0.15) is 38.3 Å². The maximum Gasteiger partial charge on any atom is 0.242 e. The monoisotopic (exact) mass is 400 g/mol. The van der Waals surface area contributed by atoms with Crippen molar-refractivity contribution < 1.29 is 9.59 Å². The SMILES string of the molecule is CC(C)CNC(=O)[C@H](C)N(Cc1ccccc1Cl)C(=O)CCc1ccccc1. The molecule has 0 radical (unpaired) electrons. The molecule has 5 heteroatoms. The van der Waals surface area contributed by atoms with Gasteiger partial charge >= 0.3 is 0 Å². The first kappa shape index (κ1) is 22.0. The van der Waals surface area contributed by atoms with Crippen LogP contribution in [-0.4, -0.2) is 29.3 Å². The number of halogens is 1. The number of hydrogen-bond acceptors (Lipinski definition) is 2. The van der Waals surface area contributed by atoms with Gasteiger partial charge in [0.25, 0.3) is 0 Å². The number of nitrogens with one attached hydrogen (secondary N) is 1. The highest BCUT2D eigenvalue weighted by Crippen LogP contribution is 2.19. The molecule has 0 bridgehead atoms. The summed E-state index contributed by atoms with van der Waals surface area (Å²) < 4.78 is 0. The Morgan fingerprint density at radius 1 is 1.00 bits per heavy atom. The minimum absolute atomic E-state index is 0.0593. The summed E-state index contributed by atoms with van der Waals surface area (Å²) in [5.74, 6) is 0.145. The first-order valence-electron chi connectivity index (χ1n) is 9.73. The van der Waals surface area contributed by atoms with Gasteiger partial charge in [-0.15, -0.1) is 0 Å². The minimum atomic E-state index is -0.571. The predicted molar refractivity (Wildman–Crippen MR) is 114 cm³/mol. The fraction of sp³-hybridized carbons (Fsp3) is 0.391. The Bertz CT molecular complexity index is 777. The Balaban J connectivity index is 2.13. The number of carbonyl (C=O) groups excluding carboxylic acids is 2. The van der Waals surface area contributed by atoms with Gasteiger partial charge < -0.3 is 10.2 Å². The standard InChI is InChI=1S/C23H29ClN2O2/c1-17(2)15-25-23(28)18(3)26(16-20-11-7-8-12-21(20)24)22(27)14-13-19-9-5-4-6-10-19/h4-12,17-18H,13-16H2,1-3H3,(H,25,28)/t18-/m0/s1. The molecule has 0 aliphatic rings. The first-order valence-corrected chi connectivity index (χ1v) is 10.1. The van der Waals surface area contributed by atoms with Crippen molar-refractivity contribution >= 4 is 23.4 Å². The van der Waals surface area contributed by atoms with Gasteiger partial charge in [-0.1, -0.05) is 74.0 Å². The minimum Gasteiger partial charge on any atom is -0.354 e. The predicted octanol–water partition coefficient (Wildman–Crippen LogP) is 4.46. The molecule has 0 fully saturated rings. The molecule has 28 heavy (non-hydrogen) atoms. The van der Waals surface area contributed by atoms with E-state index in [0.29, 0.717) is 36.9 Å². The van der Waals surface area contributed by atoms with E-state index < -0.39 is 6.04 Å². The van der Waals surface area contributed by atoms with Crippen LogP contribution in [0, 0.1) is 5.92 Å². The molecule has 150 valence electrons. The molecule has 2 aromatic carbocycles. The van der Waals surface area contributed by atoms with Crippen molar-refractivity contribution in [1.29, 1.82) is 0 Å². The topological polar surface area (TPSA) is 49.4 Å². The molecule has 1 N–H and O–H groups in total. The van der Waals surface area contributed by atoms with Crippen molar-refractivity contribution in [2.45, 2.75) is 46.2 Å². The molecule has 0 spiro atoms. The molecule has 0 aromatic heterocycles. The Morgan fingerprint density at radius 3 is 2.29 bits per heavy atom. The molecule has 2 amide bonds. The quantitative estimate of drug-likeness (QED) is 0.675. The lowest BCUT2D eigenvalue weighted by atomic mass is 10.1. The first-order chi connectivity index (χ1) is 13.4. The van der Waals surface area contributed by atoms with Gasteiger partial charge in [0.2, 0.25) is 11.8 Å². The van der Waals surface area contributed by atoms with Crippen LogP contribution in [0.15, 0.2) is 54.6 Å². The second-order valence-electron chi connectivity index (χ2n) is 7.41. The third kappa shape index (κ3) is 6.68. The summed E-state index contributed by atoms with van der Waals surface area (Å²) in [5, 5.41) is 3.52. The number of benzene rings is 2. The van der Waals surface area contributed by atoms with Gasteiger partial charge in [0.05, 0.1) is 0 Å². The lowest BCUT2D eigenvalue weighted by Gasteiger charge is -2.29. The zero-order valence-electron chi connectivity index (χ0n) is 16.8. The fourth-order valence-corrected chi connectivity index (χ4v) is 3.08. The molecule has 0 heterocycles. The number of amides is 2. The highest BCUT2D eigenvalue weighted by Gasteiger charge is 2.26. The summed E-state index contributed by atoms with van der Waals surface area (Å²) in [5.41, 5.74) is 1.94. The summed E-state index contributed by atoms with van der Waals surface area (Å²) in [6.07, 6.45) is 0.981. The van der Waals surface area contributed by atoms with Gasteiger partial charge in [-0.2, -0.15) is 0 Å². The van der Waals surface area contributed by atoms with Gasteiger partial charge in [0.15, 0.2) is 0 Å². The van der Waals surface area contributed by atoms with Crippen molar-refractivity contribution in [2.75, 3.05) is 6.54 Å². The average molecular weight is 401 g/mol. The van der Waals surface area contributed by atoms with E-state index in [1.807, 2.05) is 62.4 Å². The van der Waals surface area contributed by atoms with E-state index in [9.17, 15) is 9.59 Å². The second-order valence-corrected chi connectivity index (χ2v) is 7.82. The summed E-state index contributed by atoms with van der Waals surface area (Å²) in [4.78, 5) is 27.2.